The first-order valence-electron chi connectivity index (χ1n) is 4.73. The number of carbonyl (C=O) groups excluding carboxylic acids is 1. The van der Waals surface area contributed by atoms with Crippen molar-refractivity contribution < 1.29 is 9.18 Å². The third-order valence-electron chi connectivity index (χ3n) is 2.55. The Morgan fingerprint density at radius 2 is 2.20 bits per heavy atom. The maximum atomic E-state index is 13.8. The number of nitrogens with two attached hydrogens (primary N) is 1. The highest BCUT2D eigenvalue weighted by Crippen LogP contribution is 2.42. The van der Waals surface area contributed by atoms with E-state index in [0.717, 1.165) is 12.8 Å². The minimum absolute atomic E-state index is 0.104. The molecule has 2 nitrogen and oxygen atoms in total. The van der Waals surface area contributed by atoms with Gasteiger partial charge in [0.2, 0.25) is 0 Å². The molecule has 0 aliphatic heterocycles. The van der Waals surface area contributed by atoms with Crippen LogP contribution in [0.1, 0.15) is 40.2 Å². The standard InChI is InChI=1S/C12H10FNO/c1-2-7-5-9(8-3-4-8)11(13)10(6-7)12(14)15/h1,5-6,8H,3-4H2,(H2,14,15). The number of hydrogen-bond acceptors (Lipinski definition) is 1. The second-order valence-corrected chi connectivity index (χ2v) is 3.71. The van der Waals surface area contributed by atoms with Gasteiger partial charge in [-0.05, 0) is 36.5 Å². The number of primary amides is 1. The van der Waals surface area contributed by atoms with Gasteiger partial charge in [0.25, 0.3) is 5.91 Å². The summed E-state index contributed by atoms with van der Waals surface area (Å²) in [6.45, 7) is 0. The molecule has 1 saturated carbocycles. The number of carbonyl (C=O) groups is 1. The molecule has 0 atom stereocenters. The highest BCUT2D eigenvalue weighted by molar-refractivity contribution is 5.93. The predicted molar refractivity (Wildman–Crippen MR) is 54.8 cm³/mol. The summed E-state index contributed by atoms with van der Waals surface area (Å²) in [6.07, 6.45) is 7.13. The monoisotopic (exact) mass is 203 g/mol. The molecule has 0 radical (unpaired) electrons. The van der Waals surface area contributed by atoms with Crippen molar-refractivity contribution in [1.29, 1.82) is 0 Å². The largest absolute Gasteiger partial charge is 0.366 e. The molecule has 0 spiro atoms. The molecule has 76 valence electrons. The van der Waals surface area contributed by atoms with Crippen LogP contribution in [0.25, 0.3) is 0 Å². The molecule has 15 heavy (non-hydrogen) atoms. The molecular formula is C12H10FNO. The van der Waals surface area contributed by atoms with Crippen LogP contribution in [-0.4, -0.2) is 5.91 Å². The Morgan fingerprint density at radius 3 is 2.67 bits per heavy atom. The second kappa shape index (κ2) is 3.39. The van der Waals surface area contributed by atoms with Crippen molar-refractivity contribution in [2.45, 2.75) is 18.8 Å². The van der Waals surface area contributed by atoms with Gasteiger partial charge in [0, 0.05) is 5.56 Å². The predicted octanol–water partition coefficient (Wildman–Crippen LogP) is 1.78. The minimum Gasteiger partial charge on any atom is -0.366 e. The van der Waals surface area contributed by atoms with Crippen LogP contribution in [0.15, 0.2) is 12.1 Å². The Morgan fingerprint density at radius 1 is 1.53 bits per heavy atom. The van der Waals surface area contributed by atoms with E-state index >= 15 is 0 Å². The Bertz CT molecular complexity index is 469. The molecule has 0 aromatic heterocycles. The van der Waals surface area contributed by atoms with E-state index in [-0.39, 0.29) is 11.5 Å². The van der Waals surface area contributed by atoms with E-state index in [0.29, 0.717) is 11.1 Å². The van der Waals surface area contributed by atoms with E-state index in [2.05, 4.69) is 5.92 Å². The highest BCUT2D eigenvalue weighted by atomic mass is 19.1. The quantitative estimate of drug-likeness (QED) is 0.731. The highest BCUT2D eigenvalue weighted by Gasteiger charge is 2.28. The van der Waals surface area contributed by atoms with Crippen LogP contribution in [0.5, 0.6) is 0 Å². The summed E-state index contributed by atoms with van der Waals surface area (Å²) in [6, 6.07) is 2.95. The van der Waals surface area contributed by atoms with Gasteiger partial charge in [-0.1, -0.05) is 5.92 Å². The molecule has 0 bridgehead atoms. The lowest BCUT2D eigenvalue weighted by molar-refractivity contribution is 0.0996. The molecule has 1 aliphatic rings. The van der Waals surface area contributed by atoms with Crippen LogP contribution in [0, 0.1) is 18.2 Å². The first-order valence-corrected chi connectivity index (χ1v) is 4.73. The van der Waals surface area contributed by atoms with Gasteiger partial charge in [0.05, 0.1) is 5.56 Å². The molecule has 2 rings (SSSR count). The van der Waals surface area contributed by atoms with Gasteiger partial charge in [0.1, 0.15) is 5.82 Å². The lowest BCUT2D eigenvalue weighted by atomic mass is 10.0. The number of benzene rings is 1. The van der Waals surface area contributed by atoms with Crippen LogP contribution in [0.2, 0.25) is 0 Å². The van der Waals surface area contributed by atoms with E-state index in [1.807, 2.05) is 0 Å². The summed E-state index contributed by atoms with van der Waals surface area (Å²) in [7, 11) is 0. The third kappa shape index (κ3) is 1.71. The van der Waals surface area contributed by atoms with Gasteiger partial charge in [0.15, 0.2) is 0 Å². The number of halogens is 1. The Labute approximate surface area is 87.3 Å². The van der Waals surface area contributed by atoms with E-state index < -0.39 is 11.7 Å². The lowest BCUT2D eigenvalue weighted by Crippen LogP contribution is -2.14. The summed E-state index contributed by atoms with van der Waals surface area (Å²) in [5, 5.41) is 0. The number of amides is 1. The molecule has 3 heteroatoms. The molecule has 1 aromatic carbocycles. The summed E-state index contributed by atoms with van der Waals surface area (Å²) in [5.74, 6) is 1.32. The first kappa shape index (κ1) is 9.72. The Hall–Kier alpha value is -1.82. The van der Waals surface area contributed by atoms with Gasteiger partial charge >= 0.3 is 0 Å². The summed E-state index contributed by atoms with van der Waals surface area (Å²) < 4.78 is 13.8. The normalized spacial score (nSPS) is 14.7. The molecule has 2 N–H and O–H groups in total. The average Bonchev–Trinajstić information content (AvgIpc) is 3.01. The zero-order valence-electron chi connectivity index (χ0n) is 8.09. The number of hydrogen-bond donors (Lipinski definition) is 1. The van der Waals surface area contributed by atoms with E-state index in [4.69, 9.17) is 12.2 Å². The van der Waals surface area contributed by atoms with Crippen molar-refractivity contribution in [2.75, 3.05) is 0 Å². The topological polar surface area (TPSA) is 43.1 Å². The van der Waals surface area contributed by atoms with Crippen molar-refractivity contribution in [3.8, 4) is 12.3 Å². The van der Waals surface area contributed by atoms with Crippen molar-refractivity contribution in [3.05, 3.63) is 34.6 Å². The zero-order chi connectivity index (χ0) is 11.0. The van der Waals surface area contributed by atoms with Gasteiger partial charge in [-0.25, -0.2) is 4.39 Å². The molecule has 1 aliphatic carbocycles. The second-order valence-electron chi connectivity index (χ2n) is 3.71. The number of rotatable bonds is 2. The van der Waals surface area contributed by atoms with Gasteiger partial charge in [-0.15, -0.1) is 6.42 Å². The number of terminal acetylenes is 1. The van der Waals surface area contributed by atoms with Crippen molar-refractivity contribution in [3.63, 3.8) is 0 Å². The molecule has 0 saturated heterocycles. The minimum atomic E-state index is -0.772. The van der Waals surface area contributed by atoms with Crippen LogP contribution in [0.3, 0.4) is 0 Å². The van der Waals surface area contributed by atoms with Crippen LogP contribution >= 0.6 is 0 Å². The average molecular weight is 203 g/mol. The molecule has 0 unspecified atom stereocenters. The molecule has 1 aromatic rings. The molecular weight excluding hydrogens is 193 g/mol. The van der Waals surface area contributed by atoms with E-state index in [9.17, 15) is 9.18 Å². The maximum Gasteiger partial charge on any atom is 0.251 e. The first-order chi connectivity index (χ1) is 7.13. The van der Waals surface area contributed by atoms with Gasteiger partial charge < -0.3 is 5.73 Å². The Balaban J connectivity index is 2.60. The van der Waals surface area contributed by atoms with Crippen LogP contribution in [0.4, 0.5) is 4.39 Å². The van der Waals surface area contributed by atoms with Crippen molar-refractivity contribution in [1.82, 2.24) is 0 Å². The van der Waals surface area contributed by atoms with Crippen molar-refractivity contribution >= 4 is 5.91 Å². The van der Waals surface area contributed by atoms with Crippen LogP contribution in [-0.2, 0) is 0 Å². The van der Waals surface area contributed by atoms with Crippen molar-refractivity contribution in [2.24, 2.45) is 5.73 Å². The van der Waals surface area contributed by atoms with Gasteiger partial charge in [-0.3, -0.25) is 4.79 Å². The summed E-state index contributed by atoms with van der Waals surface area (Å²) in [4.78, 5) is 11.0. The fourth-order valence-corrected chi connectivity index (χ4v) is 1.60. The van der Waals surface area contributed by atoms with Crippen LogP contribution < -0.4 is 5.73 Å². The fourth-order valence-electron chi connectivity index (χ4n) is 1.60. The van der Waals surface area contributed by atoms with E-state index in [1.54, 1.807) is 6.07 Å². The molecule has 1 amide bonds. The Kier molecular flexibility index (Phi) is 2.20. The van der Waals surface area contributed by atoms with E-state index in [1.165, 1.54) is 6.07 Å². The lowest BCUT2D eigenvalue weighted by Gasteiger charge is -2.06. The SMILES string of the molecule is C#Cc1cc(C(N)=O)c(F)c(C2CC2)c1. The molecule has 1 fully saturated rings. The van der Waals surface area contributed by atoms with Gasteiger partial charge in [-0.2, -0.15) is 0 Å². The zero-order valence-corrected chi connectivity index (χ0v) is 8.09. The summed E-state index contributed by atoms with van der Waals surface area (Å²) >= 11 is 0. The maximum absolute atomic E-state index is 13.8. The third-order valence-corrected chi connectivity index (χ3v) is 2.55. The smallest absolute Gasteiger partial charge is 0.251 e. The summed E-state index contributed by atoms with van der Waals surface area (Å²) in [5.41, 5.74) is 6.01. The fraction of sp³-hybridized carbons (Fsp3) is 0.250. The molecule has 0 heterocycles.